The van der Waals surface area contributed by atoms with Gasteiger partial charge in [0.25, 0.3) is 0 Å². The minimum absolute atomic E-state index is 0.0567. The topological polar surface area (TPSA) is 34.1 Å². The van der Waals surface area contributed by atoms with Crippen molar-refractivity contribution in [2.75, 3.05) is 0 Å². The molecular weight excluding hydrogens is 328 g/mol. The first-order chi connectivity index (χ1) is 12.3. The van der Waals surface area contributed by atoms with Crippen LogP contribution in [-0.2, 0) is 17.2 Å². The van der Waals surface area contributed by atoms with Crippen LogP contribution < -0.4 is 0 Å². The molecule has 3 aromatic rings. The number of rotatable bonds is 7. The predicted octanol–water partition coefficient (Wildman–Crippen LogP) is 4.68. The lowest BCUT2D eigenvalue weighted by molar-refractivity contribution is 0.0985. The van der Waals surface area contributed by atoms with Gasteiger partial charge in [-0.05, 0) is 30.5 Å². The van der Waals surface area contributed by atoms with Crippen LogP contribution in [0.5, 0.6) is 0 Å². The molecule has 0 spiro atoms. The van der Waals surface area contributed by atoms with Crippen molar-refractivity contribution >= 4 is 16.6 Å². The summed E-state index contributed by atoms with van der Waals surface area (Å²) in [5.74, 6) is -0.0567. The van der Waals surface area contributed by atoms with Gasteiger partial charge in [0.15, 0.2) is 5.78 Å². The van der Waals surface area contributed by atoms with Crippen molar-refractivity contribution in [1.29, 1.82) is 0 Å². The lowest BCUT2D eigenvalue weighted by atomic mass is 10.0. The van der Waals surface area contributed by atoms with E-state index < -0.39 is 16.0 Å². The van der Waals surface area contributed by atoms with Crippen molar-refractivity contribution in [2.45, 2.75) is 23.0 Å². The van der Waals surface area contributed by atoms with Gasteiger partial charge in [-0.25, -0.2) is 0 Å². The van der Waals surface area contributed by atoms with Crippen LogP contribution in [0.15, 0.2) is 95.9 Å². The SMILES string of the molecule is O=C(c1ccccc1)C(CCc1ccccc1)S(=O)c1ccccc1. The molecule has 2 unspecified atom stereocenters. The summed E-state index contributed by atoms with van der Waals surface area (Å²) in [4.78, 5) is 13.7. The van der Waals surface area contributed by atoms with Crippen LogP contribution in [-0.4, -0.2) is 15.2 Å². The second kappa shape index (κ2) is 8.54. The fourth-order valence-corrected chi connectivity index (χ4v) is 4.20. The van der Waals surface area contributed by atoms with E-state index in [2.05, 4.69) is 0 Å². The van der Waals surface area contributed by atoms with E-state index >= 15 is 0 Å². The zero-order valence-electron chi connectivity index (χ0n) is 13.9. The molecule has 0 fully saturated rings. The van der Waals surface area contributed by atoms with Gasteiger partial charge >= 0.3 is 0 Å². The Balaban J connectivity index is 1.85. The monoisotopic (exact) mass is 348 g/mol. The number of ketones is 1. The molecule has 0 radical (unpaired) electrons. The summed E-state index contributed by atoms with van der Waals surface area (Å²) in [7, 11) is -1.37. The molecule has 2 atom stereocenters. The van der Waals surface area contributed by atoms with Crippen LogP contribution in [0, 0.1) is 0 Å². The van der Waals surface area contributed by atoms with E-state index in [-0.39, 0.29) is 5.78 Å². The fraction of sp³-hybridized carbons (Fsp3) is 0.136. The van der Waals surface area contributed by atoms with Gasteiger partial charge in [-0.2, -0.15) is 0 Å². The second-order valence-electron chi connectivity index (χ2n) is 5.85. The summed E-state index contributed by atoms with van der Waals surface area (Å²) in [5, 5.41) is -0.551. The van der Waals surface area contributed by atoms with Gasteiger partial charge in [0.1, 0.15) is 5.25 Å². The van der Waals surface area contributed by atoms with Gasteiger partial charge in [0.2, 0.25) is 0 Å². The van der Waals surface area contributed by atoms with Crippen molar-refractivity contribution < 1.29 is 9.00 Å². The zero-order chi connectivity index (χ0) is 17.5. The molecule has 0 N–H and O–H groups in total. The summed E-state index contributed by atoms with van der Waals surface area (Å²) in [6.45, 7) is 0. The molecule has 0 amide bonds. The van der Waals surface area contributed by atoms with Gasteiger partial charge in [-0.15, -0.1) is 0 Å². The Labute approximate surface area is 151 Å². The highest BCUT2D eigenvalue weighted by atomic mass is 32.2. The van der Waals surface area contributed by atoms with Crippen molar-refractivity contribution in [3.05, 3.63) is 102 Å². The van der Waals surface area contributed by atoms with E-state index in [0.717, 1.165) is 12.0 Å². The summed E-state index contributed by atoms with van der Waals surface area (Å²) in [6.07, 6.45) is 1.28. The quantitative estimate of drug-likeness (QED) is 0.581. The van der Waals surface area contributed by atoms with E-state index in [0.29, 0.717) is 16.9 Å². The van der Waals surface area contributed by atoms with Crippen LogP contribution in [0.4, 0.5) is 0 Å². The molecule has 25 heavy (non-hydrogen) atoms. The number of carbonyl (C=O) groups is 1. The van der Waals surface area contributed by atoms with Crippen LogP contribution in [0.25, 0.3) is 0 Å². The van der Waals surface area contributed by atoms with Gasteiger partial charge in [-0.3, -0.25) is 9.00 Å². The third-order valence-corrected chi connectivity index (χ3v) is 5.83. The third-order valence-electron chi connectivity index (χ3n) is 4.12. The maximum Gasteiger partial charge on any atom is 0.178 e. The van der Waals surface area contributed by atoms with E-state index in [1.165, 1.54) is 0 Å². The normalized spacial score (nSPS) is 13.1. The first-order valence-corrected chi connectivity index (χ1v) is 9.56. The van der Waals surface area contributed by atoms with Crippen molar-refractivity contribution in [2.24, 2.45) is 0 Å². The van der Waals surface area contributed by atoms with Crippen LogP contribution in [0.1, 0.15) is 22.3 Å². The van der Waals surface area contributed by atoms with Crippen molar-refractivity contribution in [1.82, 2.24) is 0 Å². The number of benzene rings is 3. The Kier molecular flexibility index (Phi) is 5.91. The minimum Gasteiger partial charge on any atom is -0.293 e. The fourth-order valence-electron chi connectivity index (χ4n) is 2.78. The lowest BCUT2D eigenvalue weighted by Gasteiger charge is -2.16. The van der Waals surface area contributed by atoms with Gasteiger partial charge in [0.05, 0.1) is 10.8 Å². The van der Waals surface area contributed by atoms with E-state index in [1.807, 2.05) is 78.9 Å². The molecule has 0 saturated heterocycles. The summed E-state index contributed by atoms with van der Waals surface area (Å²) >= 11 is 0. The first kappa shape index (κ1) is 17.3. The minimum atomic E-state index is -1.37. The van der Waals surface area contributed by atoms with Crippen LogP contribution in [0.2, 0.25) is 0 Å². The van der Waals surface area contributed by atoms with Gasteiger partial charge in [-0.1, -0.05) is 78.9 Å². The molecule has 0 aromatic heterocycles. The number of hydrogen-bond acceptors (Lipinski definition) is 2. The summed E-state index contributed by atoms with van der Waals surface area (Å²) < 4.78 is 13.1. The van der Waals surface area contributed by atoms with Gasteiger partial charge < -0.3 is 0 Å². The Bertz CT molecular complexity index is 778. The Morgan fingerprint density at radius 3 is 1.88 bits per heavy atom. The van der Waals surface area contributed by atoms with E-state index in [1.54, 1.807) is 12.1 Å². The lowest BCUT2D eigenvalue weighted by Crippen LogP contribution is -2.27. The highest BCUT2D eigenvalue weighted by molar-refractivity contribution is 7.86. The number of Topliss-reactive ketones (excluding diaryl/α,β-unsaturated/α-hetero) is 1. The van der Waals surface area contributed by atoms with Crippen molar-refractivity contribution in [3.8, 4) is 0 Å². The Hall–Kier alpha value is -2.52. The molecule has 0 aliphatic carbocycles. The summed E-state index contributed by atoms with van der Waals surface area (Å²) in [5.41, 5.74) is 1.77. The maximum absolute atomic E-state index is 13.1. The maximum atomic E-state index is 13.1. The largest absolute Gasteiger partial charge is 0.293 e. The molecule has 2 nitrogen and oxygen atoms in total. The molecule has 0 aliphatic heterocycles. The molecule has 3 heteroatoms. The van der Waals surface area contributed by atoms with E-state index in [4.69, 9.17) is 0 Å². The molecule has 3 aromatic carbocycles. The first-order valence-electron chi connectivity index (χ1n) is 8.34. The highest BCUT2D eigenvalue weighted by Gasteiger charge is 2.27. The highest BCUT2D eigenvalue weighted by Crippen LogP contribution is 2.20. The van der Waals surface area contributed by atoms with Crippen LogP contribution in [0.3, 0.4) is 0 Å². The molecule has 126 valence electrons. The molecule has 0 heterocycles. The second-order valence-corrected chi connectivity index (χ2v) is 7.49. The number of aryl methyl sites for hydroxylation is 1. The molecule has 0 saturated carbocycles. The number of carbonyl (C=O) groups excluding carboxylic acids is 1. The standard InChI is InChI=1S/C22H20O2S/c23-22(19-12-6-2-7-13-19)21(17-16-18-10-4-1-5-11-18)25(24)20-14-8-3-9-15-20/h1-15,21H,16-17H2. The molecule has 0 bridgehead atoms. The Morgan fingerprint density at radius 1 is 0.760 bits per heavy atom. The Morgan fingerprint density at radius 2 is 1.28 bits per heavy atom. The predicted molar refractivity (Wildman–Crippen MR) is 102 cm³/mol. The molecule has 0 aliphatic rings. The van der Waals surface area contributed by atoms with Crippen LogP contribution >= 0.6 is 0 Å². The van der Waals surface area contributed by atoms with E-state index in [9.17, 15) is 9.00 Å². The number of hydrogen-bond donors (Lipinski definition) is 0. The average molecular weight is 348 g/mol. The smallest absolute Gasteiger partial charge is 0.178 e. The third kappa shape index (κ3) is 4.52. The molecule has 3 rings (SSSR count). The average Bonchev–Trinajstić information content (AvgIpc) is 2.70. The van der Waals surface area contributed by atoms with Gasteiger partial charge in [0, 0.05) is 10.5 Å². The summed E-state index contributed by atoms with van der Waals surface area (Å²) in [6, 6.07) is 28.4. The van der Waals surface area contributed by atoms with Crippen molar-refractivity contribution in [3.63, 3.8) is 0 Å². The molecular formula is C22H20O2S. The zero-order valence-corrected chi connectivity index (χ0v) is 14.7.